The van der Waals surface area contributed by atoms with Gasteiger partial charge >= 0.3 is 5.69 Å². The van der Waals surface area contributed by atoms with Crippen molar-refractivity contribution in [2.45, 2.75) is 51.5 Å². The van der Waals surface area contributed by atoms with Crippen LogP contribution in [0.2, 0.25) is 0 Å². The minimum Gasteiger partial charge on any atom is -0.339 e. The van der Waals surface area contributed by atoms with E-state index in [0.717, 1.165) is 18.5 Å². The second-order valence-corrected chi connectivity index (χ2v) is 6.28. The number of aromatic amines is 1. The first-order valence-electron chi connectivity index (χ1n) is 8.22. The summed E-state index contributed by atoms with van der Waals surface area (Å²) in [5.41, 5.74) is 0.347. The molecule has 8 heteroatoms. The van der Waals surface area contributed by atoms with Gasteiger partial charge in [-0.3, -0.25) is 4.79 Å². The van der Waals surface area contributed by atoms with Crippen molar-refractivity contribution in [3.8, 4) is 0 Å². The van der Waals surface area contributed by atoms with Crippen molar-refractivity contribution in [1.29, 1.82) is 0 Å². The van der Waals surface area contributed by atoms with Gasteiger partial charge in [-0.15, -0.1) is 0 Å². The molecule has 128 valence electrons. The molecule has 1 aliphatic heterocycles. The van der Waals surface area contributed by atoms with Gasteiger partial charge in [0.1, 0.15) is 0 Å². The van der Waals surface area contributed by atoms with Crippen molar-refractivity contribution >= 4 is 5.91 Å². The molecule has 1 atom stereocenters. The molecule has 24 heavy (non-hydrogen) atoms. The van der Waals surface area contributed by atoms with Crippen molar-refractivity contribution in [3.63, 3.8) is 0 Å². The van der Waals surface area contributed by atoms with Crippen LogP contribution in [0.3, 0.4) is 0 Å². The number of nitrogens with zero attached hydrogens (tertiary/aromatic N) is 4. The molecule has 3 rings (SSSR count). The van der Waals surface area contributed by atoms with Gasteiger partial charge in [0.15, 0.2) is 5.82 Å². The molecule has 1 aliphatic rings. The minimum atomic E-state index is -0.390. The molecular formula is C16H21N5O3. The Hall–Kier alpha value is -2.51. The zero-order valence-corrected chi connectivity index (χ0v) is 13.9. The lowest BCUT2D eigenvalue weighted by atomic mass is 10.1. The van der Waals surface area contributed by atoms with Gasteiger partial charge in [0, 0.05) is 37.2 Å². The van der Waals surface area contributed by atoms with Crippen molar-refractivity contribution in [3.05, 3.63) is 40.2 Å². The number of likely N-dealkylation sites (tertiary alicyclic amines) is 1. The van der Waals surface area contributed by atoms with Crippen LogP contribution in [0, 0.1) is 0 Å². The van der Waals surface area contributed by atoms with Crippen molar-refractivity contribution in [1.82, 2.24) is 25.0 Å². The van der Waals surface area contributed by atoms with Crippen LogP contribution in [0.15, 0.2) is 21.6 Å². The Balaban J connectivity index is 1.64. The van der Waals surface area contributed by atoms with E-state index in [1.807, 2.05) is 18.7 Å². The maximum atomic E-state index is 12.6. The van der Waals surface area contributed by atoms with E-state index in [2.05, 4.69) is 20.1 Å². The van der Waals surface area contributed by atoms with Gasteiger partial charge in [-0.2, -0.15) is 4.98 Å². The molecule has 0 unspecified atom stereocenters. The zero-order valence-electron chi connectivity index (χ0n) is 13.9. The van der Waals surface area contributed by atoms with Gasteiger partial charge in [-0.25, -0.2) is 9.78 Å². The second kappa shape index (κ2) is 6.94. The molecule has 0 bridgehead atoms. The van der Waals surface area contributed by atoms with Gasteiger partial charge in [0.05, 0.1) is 6.04 Å². The summed E-state index contributed by atoms with van der Waals surface area (Å²) in [4.78, 5) is 36.4. The van der Waals surface area contributed by atoms with Gasteiger partial charge in [0.2, 0.25) is 11.8 Å². The topological polar surface area (TPSA) is 105 Å². The lowest BCUT2D eigenvalue weighted by Crippen LogP contribution is -2.32. The first-order chi connectivity index (χ1) is 11.5. The van der Waals surface area contributed by atoms with Crippen LogP contribution < -0.4 is 5.69 Å². The average Bonchev–Trinajstić information content (AvgIpc) is 3.22. The van der Waals surface area contributed by atoms with E-state index in [-0.39, 0.29) is 23.6 Å². The third kappa shape index (κ3) is 3.52. The predicted octanol–water partition coefficient (Wildman–Crippen LogP) is 1.57. The van der Waals surface area contributed by atoms with E-state index in [4.69, 9.17) is 4.52 Å². The maximum absolute atomic E-state index is 12.6. The van der Waals surface area contributed by atoms with E-state index in [0.29, 0.717) is 31.1 Å². The van der Waals surface area contributed by atoms with Gasteiger partial charge in [0.25, 0.3) is 0 Å². The largest absolute Gasteiger partial charge is 0.345 e. The number of carbonyl (C=O) groups excluding carboxylic acids is 1. The Morgan fingerprint density at radius 2 is 2.33 bits per heavy atom. The van der Waals surface area contributed by atoms with Gasteiger partial charge in [-0.1, -0.05) is 19.0 Å². The highest BCUT2D eigenvalue weighted by Gasteiger charge is 2.30. The summed E-state index contributed by atoms with van der Waals surface area (Å²) < 4.78 is 5.18. The minimum absolute atomic E-state index is 0.0273. The fourth-order valence-corrected chi connectivity index (χ4v) is 2.93. The first-order valence-corrected chi connectivity index (χ1v) is 8.22. The lowest BCUT2D eigenvalue weighted by molar-refractivity contribution is -0.132. The van der Waals surface area contributed by atoms with Crippen LogP contribution in [0.1, 0.15) is 62.5 Å². The summed E-state index contributed by atoms with van der Waals surface area (Å²) in [6.45, 7) is 4.67. The Bertz CT molecular complexity index is 767. The molecule has 0 spiro atoms. The number of aromatic nitrogens is 4. The van der Waals surface area contributed by atoms with Gasteiger partial charge < -0.3 is 14.4 Å². The van der Waals surface area contributed by atoms with Crippen molar-refractivity contribution in [2.24, 2.45) is 0 Å². The summed E-state index contributed by atoms with van der Waals surface area (Å²) >= 11 is 0. The van der Waals surface area contributed by atoms with E-state index in [9.17, 15) is 9.59 Å². The van der Waals surface area contributed by atoms with Crippen LogP contribution in [-0.4, -0.2) is 37.5 Å². The third-order valence-electron chi connectivity index (χ3n) is 4.18. The normalized spacial score (nSPS) is 17.6. The Morgan fingerprint density at radius 3 is 3.04 bits per heavy atom. The molecule has 8 nitrogen and oxygen atoms in total. The van der Waals surface area contributed by atoms with Crippen LogP contribution >= 0.6 is 0 Å². The van der Waals surface area contributed by atoms with E-state index >= 15 is 0 Å². The Morgan fingerprint density at radius 1 is 1.50 bits per heavy atom. The molecular weight excluding hydrogens is 310 g/mol. The monoisotopic (exact) mass is 331 g/mol. The predicted molar refractivity (Wildman–Crippen MR) is 85.3 cm³/mol. The molecule has 1 N–H and O–H groups in total. The summed E-state index contributed by atoms with van der Waals surface area (Å²) in [6, 6.07) is 1.66. The quantitative estimate of drug-likeness (QED) is 0.891. The van der Waals surface area contributed by atoms with E-state index in [1.54, 1.807) is 6.07 Å². The fraction of sp³-hybridized carbons (Fsp3) is 0.562. The number of rotatable bonds is 5. The van der Waals surface area contributed by atoms with Gasteiger partial charge in [-0.05, 0) is 18.9 Å². The molecule has 2 aromatic rings. The molecule has 0 aliphatic carbocycles. The number of carbonyl (C=O) groups is 1. The number of nitrogens with one attached hydrogen (secondary N) is 1. The number of hydrogen-bond donors (Lipinski definition) is 1. The average molecular weight is 331 g/mol. The standard InChI is InChI=1S/C16H21N5O3/c1-10(2)15-19-13(24-20-15)5-6-14(22)21-9-3-4-12(21)11-7-8-17-16(23)18-11/h7-8,10,12H,3-6,9H2,1-2H3,(H,17,18,23)/t12-/m0/s1. The molecule has 0 radical (unpaired) electrons. The third-order valence-corrected chi connectivity index (χ3v) is 4.18. The molecule has 2 aromatic heterocycles. The molecule has 3 heterocycles. The molecule has 1 amide bonds. The summed E-state index contributed by atoms with van der Waals surface area (Å²) in [6.07, 6.45) is 3.96. The summed E-state index contributed by atoms with van der Waals surface area (Å²) in [5.74, 6) is 1.37. The smallest absolute Gasteiger partial charge is 0.339 e. The SMILES string of the molecule is CC(C)c1noc(CCC(=O)N2CCC[C@H]2c2ccnc(=O)[nH]2)n1. The lowest BCUT2D eigenvalue weighted by Gasteiger charge is -2.24. The van der Waals surface area contributed by atoms with Crippen LogP contribution in [-0.2, 0) is 11.2 Å². The molecule has 0 aromatic carbocycles. The van der Waals surface area contributed by atoms with Crippen molar-refractivity contribution in [2.75, 3.05) is 6.54 Å². The summed E-state index contributed by atoms with van der Waals surface area (Å²) in [5, 5.41) is 3.91. The molecule has 0 saturated carbocycles. The zero-order chi connectivity index (χ0) is 17.1. The van der Waals surface area contributed by atoms with Crippen LogP contribution in [0.4, 0.5) is 0 Å². The highest BCUT2D eigenvalue weighted by molar-refractivity contribution is 5.77. The Kier molecular flexibility index (Phi) is 4.73. The highest BCUT2D eigenvalue weighted by atomic mass is 16.5. The fourth-order valence-electron chi connectivity index (χ4n) is 2.93. The second-order valence-electron chi connectivity index (χ2n) is 6.28. The highest BCUT2D eigenvalue weighted by Crippen LogP contribution is 2.30. The summed E-state index contributed by atoms with van der Waals surface area (Å²) in [7, 11) is 0. The maximum Gasteiger partial charge on any atom is 0.345 e. The van der Waals surface area contributed by atoms with Crippen LogP contribution in [0.25, 0.3) is 0 Å². The number of amides is 1. The molecule has 1 fully saturated rings. The number of aryl methyl sites for hydroxylation is 1. The number of hydrogen-bond acceptors (Lipinski definition) is 6. The van der Waals surface area contributed by atoms with Crippen molar-refractivity contribution < 1.29 is 9.32 Å². The van der Waals surface area contributed by atoms with E-state index < -0.39 is 0 Å². The number of H-pyrrole nitrogens is 1. The first kappa shape index (κ1) is 16.4. The van der Waals surface area contributed by atoms with E-state index in [1.165, 1.54) is 6.20 Å². The molecule has 1 saturated heterocycles. The Labute approximate surface area is 139 Å². The van der Waals surface area contributed by atoms with Crippen LogP contribution in [0.5, 0.6) is 0 Å².